The third kappa shape index (κ3) is 5.09. The summed E-state index contributed by atoms with van der Waals surface area (Å²) in [5.74, 6) is 1.86. The van der Waals surface area contributed by atoms with Gasteiger partial charge >= 0.3 is 0 Å². The number of aryl methyl sites for hydroxylation is 1. The van der Waals surface area contributed by atoms with Crippen LogP contribution in [-0.4, -0.2) is 15.0 Å². The third-order valence-electron chi connectivity index (χ3n) is 9.59. The minimum Gasteiger partial charge on any atom is -0.456 e. The van der Waals surface area contributed by atoms with E-state index >= 15 is 0 Å². The maximum absolute atomic E-state index is 6.51. The quantitative estimate of drug-likeness (QED) is 0.183. The second-order valence-corrected chi connectivity index (χ2v) is 14.0. The topological polar surface area (TPSA) is 51.8 Å². The van der Waals surface area contributed by atoms with Gasteiger partial charge in [-0.15, -0.1) is 11.3 Å². The number of furan rings is 1. The van der Waals surface area contributed by atoms with Gasteiger partial charge in [-0.2, -0.15) is 0 Å². The summed E-state index contributed by atoms with van der Waals surface area (Å²) < 4.78 is 8.95. The van der Waals surface area contributed by atoms with E-state index < -0.39 is 0 Å². The largest absolute Gasteiger partial charge is 0.456 e. The molecule has 51 heavy (non-hydrogen) atoms. The van der Waals surface area contributed by atoms with Crippen LogP contribution in [0.4, 0.5) is 0 Å². The summed E-state index contributed by atoms with van der Waals surface area (Å²) in [5, 5.41) is 4.53. The standard InChI is InChI=1S/C46H29N3OS/c1-28-11-7-14-30(25-28)31-15-8-16-32(26-31)44-47-45(49-46(48-44)37-19-10-22-41-43(37)36-17-5-6-21-40(36)51-41)33-23-24-35-39(27-33)50-38-20-9-18-34(42(35)38)29-12-3-2-4-13-29/h2-27H,1H3. The Kier molecular flexibility index (Phi) is 6.86. The van der Waals surface area contributed by atoms with Crippen LogP contribution in [0.2, 0.25) is 0 Å². The van der Waals surface area contributed by atoms with Crippen LogP contribution < -0.4 is 0 Å². The van der Waals surface area contributed by atoms with Crippen molar-refractivity contribution in [1.29, 1.82) is 0 Å². The molecule has 0 amide bonds. The van der Waals surface area contributed by atoms with Crippen LogP contribution in [0, 0.1) is 6.92 Å². The number of hydrogen-bond donors (Lipinski definition) is 0. The maximum Gasteiger partial charge on any atom is 0.164 e. The van der Waals surface area contributed by atoms with Gasteiger partial charge in [0.2, 0.25) is 0 Å². The van der Waals surface area contributed by atoms with Crippen LogP contribution in [0.3, 0.4) is 0 Å². The van der Waals surface area contributed by atoms with Crippen molar-refractivity contribution >= 4 is 53.4 Å². The molecule has 0 aliphatic heterocycles. The molecule has 3 aromatic heterocycles. The fourth-order valence-electron chi connectivity index (χ4n) is 7.20. The molecule has 240 valence electrons. The highest BCUT2D eigenvalue weighted by Crippen LogP contribution is 2.41. The highest BCUT2D eigenvalue weighted by atomic mass is 32.1. The predicted octanol–water partition coefficient (Wildman–Crippen LogP) is 12.8. The zero-order valence-electron chi connectivity index (χ0n) is 27.7. The number of rotatable bonds is 5. The first-order valence-electron chi connectivity index (χ1n) is 17.0. The van der Waals surface area contributed by atoms with Gasteiger partial charge in [0.25, 0.3) is 0 Å². The zero-order valence-corrected chi connectivity index (χ0v) is 28.5. The molecule has 0 unspecified atom stereocenters. The van der Waals surface area contributed by atoms with Crippen molar-refractivity contribution in [1.82, 2.24) is 15.0 Å². The van der Waals surface area contributed by atoms with Gasteiger partial charge in [0, 0.05) is 47.6 Å². The van der Waals surface area contributed by atoms with E-state index in [1.165, 1.54) is 20.3 Å². The van der Waals surface area contributed by atoms with Crippen LogP contribution in [0.1, 0.15) is 5.56 Å². The van der Waals surface area contributed by atoms with E-state index in [0.717, 1.165) is 66.3 Å². The molecule has 0 fully saturated rings. The number of thiophene rings is 1. The first-order valence-corrected chi connectivity index (χ1v) is 17.8. The summed E-state index contributed by atoms with van der Waals surface area (Å²) in [5.41, 5.74) is 10.2. The van der Waals surface area contributed by atoms with Gasteiger partial charge in [0.15, 0.2) is 17.5 Å². The Hall–Kier alpha value is -6.43. The Morgan fingerprint density at radius 2 is 1.06 bits per heavy atom. The van der Waals surface area contributed by atoms with Crippen LogP contribution in [-0.2, 0) is 0 Å². The lowest BCUT2D eigenvalue weighted by atomic mass is 9.99. The molecule has 0 atom stereocenters. The van der Waals surface area contributed by atoms with Crippen LogP contribution >= 0.6 is 11.3 Å². The van der Waals surface area contributed by atoms with Crippen molar-refractivity contribution < 1.29 is 4.42 Å². The first kappa shape index (κ1) is 29.5. The highest BCUT2D eigenvalue weighted by Gasteiger charge is 2.19. The second-order valence-electron chi connectivity index (χ2n) is 12.9. The van der Waals surface area contributed by atoms with Crippen molar-refractivity contribution in [3.05, 3.63) is 163 Å². The molecular weight excluding hydrogens is 643 g/mol. The van der Waals surface area contributed by atoms with E-state index in [9.17, 15) is 0 Å². The van der Waals surface area contributed by atoms with E-state index in [-0.39, 0.29) is 0 Å². The van der Waals surface area contributed by atoms with E-state index in [0.29, 0.717) is 17.5 Å². The SMILES string of the molecule is Cc1cccc(-c2cccc(-c3nc(-c4ccc5c(c4)oc4cccc(-c6ccccc6)c45)nc(-c4cccc5sc6ccccc6c45)n3)c2)c1. The van der Waals surface area contributed by atoms with Gasteiger partial charge in [0.1, 0.15) is 11.2 Å². The third-order valence-corrected chi connectivity index (χ3v) is 10.7. The highest BCUT2D eigenvalue weighted by molar-refractivity contribution is 7.25. The summed E-state index contributed by atoms with van der Waals surface area (Å²) in [6.07, 6.45) is 0. The molecular formula is C46H29N3OS. The number of nitrogens with zero attached hydrogens (tertiary/aromatic N) is 3. The fourth-order valence-corrected chi connectivity index (χ4v) is 8.33. The van der Waals surface area contributed by atoms with Gasteiger partial charge < -0.3 is 4.42 Å². The summed E-state index contributed by atoms with van der Waals surface area (Å²) in [6, 6.07) is 55.0. The number of benzene rings is 7. The first-order chi connectivity index (χ1) is 25.2. The molecule has 5 heteroatoms. The minimum atomic E-state index is 0.595. The molecule has 0 aliphatic carbocycles. The van der Waals surface area contributed by atoms with Gasteiger partial charge in [-0.3, -0.25) is 0 Å². The van der Waals surface area contributed by atoms with E-state index in [1.54, 1.807) is 11.3 Å². The average molecular weight is 672 g/mol. The van der Waals surface area contributed by atoms with Gasteiger partial charge in [-0.25, -0.2) is 15.0 Å². The summed E-state index contributed by atoms with van der Waals surface area (Å²) in [7, 11) is 0. The molecule has 3 heterocycles. The van der Waals surface area contributed by atoms with Crippen molar-refractivity contribution in [2.45, 2.75) is 6.92 Å². The predicted molar refractivity (Wildman–Crippen MR) is 212 cm³/mol. The normalized spacial score (nSPS) is 11.6. The smallest absolute Gasteiger partial charge is 0.164 e. The van der Waals surface area contributed by atoms with Crippen molar-refractivity contribution in [2.75, 3.05) is 0 Å². The van der Waals surface area contributed by atoms with Crippen LogP contribution in [0.15, 0.2) is 162 Å². The van der Waals surface area contributed by atoms with E-state index in [1.807, 2.05) is 12.1 Å². The van der Waals surface area contributed by atoms with Crippen LogP contribution in [0.25, 0.3) is 98.5 Å². The molecule has 10 rings (SSSR count). The Bertz CT molecular complexity index is 2940. The van der Waals surface area contributed by atoms with Crippen molar-refractivity contribution in [3.8, 4) is 56.4 Å². The molecule has 0 radical (unpaired) electrons. The molecule has 0 bridgehead atoms. The molecule has 0 aliphatic rings. The lowest BCUT2D eigenvalue weighted by Crippen LogP contribution is -2.00. The lowest BCUT2D eigenvalue weighted by Gasteiger charge is -2.11. The Labute approximate surface area is 298 Å². The van der Waals surface area contributed by atoms with E-state index in [4.69, 9.17) is 19.4 Å². The summed E-state index contributed by atoms with van der Waals surface area (Å²) in [6.45, 7) is 2.12. The molecule has 4 nitrogen and oxygen atoms in total. The minimum absolute atomic E-state index is 0.595. The summed E-state index contributed by atoms with van der Waals surface area (Å²) >= 11 is 1.79. The molecule has 0 spiro atoms. The Morgan fingerprint density at radius 3 is 1.92 bits per heavy atom. The average Bonchev–Trinajstić information content (AvgIpc) is 3.76. The van der Waals surface area contributed by atoms with Gasteiger partial charge in [-0.1, -0.05) is 127 Å². The van der Waals surface area contributed by atoms with Gasteiger partial charge in [-0.05, 0) is 65.6 Å². The molecule has 7 aromatic carbocycles. The molecule has 10 aromatic rings. The Morgan fingerprint density at radius 1 is 0.412 bits per heavy atom. The van der Waals surface area contributed by atoms with E-state index in [2.05, 4.69) is 153 Å². The van der Waals surface area contributed by atoms with Crippen LogP contribution in [0.5, 0.6) is 0 Å². The monoisotopic (exact) mass is 671 g/mol. The molecule has 0 saturated heterocycles. The number of fused-ring (bicyclic) bond motifs is 6. The zero-order chi connectivity index (χ0) is 33.9. The molecule has 0 N–H and O–H groups in total. The molecule has 0 saturated carbocycles. The van der Waals surface area contributed by atoms with Crippen molar-refractivity contribution in [3.63, 3.8) is 0 Å². The van der Waals surface area contributed by atoms with Crippen molar-refractivity contribution in [2.24, 2.45) is 0 Å². The maximum atomic E-state index is 6.51. The number of aromatic nitrogens is 3. The van der Waals surface area contributed by atoms with Gasteiger partial charge in [0.05, 0.1) is 0 Å². The lowest BCUT2D eigenvalue weighted by molar-refractivity contribution is 0.669. The fraction of sp³-hybridized carbons (Fsp3) is 0.0217. The number of hydrogen-bond acceptors (Lipinski definition) is 5. The Balaban J connectivity index is 1.18. The second kappa shape index (κ2) is 11.9. The summed E-state index contributed by atoms with van der Waals surface area (Å²) in [4.78, 5) is 15.5.